The third kappa shape index (κ3) is 2.17. The van der Waals surface area contributed by atoms with Crippen LogP contribution in [-0.4, -0.2) is 28.1 Å². The van der Waals surface area contributed by atoms with Crippen molar-refractivity contribution in [1.82, 2.24) is 10.3 Å². The van der Waals surface area contributed by atoms with E-state index in [1.165, 1.54) is 11.3 Å². The van der Waals surface area contributed by atoms with Gasteiger partial charge in [-0.25, -0.2) is 4.98 Å². The summed E-state index contributed by atoms with van der Waals surface area (Å²) >= 11 is 1.36. The van der Waals surface area contributed by atoms with Crippen molar-refractivity contribution in [1.29, 1.82) is 0 Å². The fourth-order valence-electron chi connectivity index (χ4n) is 2.32. The van der Waals surface area contributed by atoms with Crippen molar-refractivity contribution in [2.75, 3.05) is 12.3 Å². The van der Waals surface area contributed by atoms with Crippen LogP contribution in [0.15, 0.2) is 18.2 Å². The number of aliphatic hydroxyl groups excluding tert-OH is 1. The molecule has 1 aliphatic rings. The Morgan fingerprint density at radius 1 is 1.53 bits per heavy atom. The minimum absolute atomic E-state index is 0.00547. The van der Waals surface area contributed by atoms with E-state index in [0.29, 0.717) is 10.7 Å². The topological polar surface area (TPSA) is 88.2 Å². The largest absolute Gasteiger partial charge is 0.394 e. The van der Waals surface area contributed by atoms with Crippen molar-refractivity contribution >= 4 is 32.6 Å². The Labute approximate surface area is 114 Å². The fraction of sp³-hybridized carbons (Fsp3) is 0.385. The summed E-state index contributed by atoms with van der Waals surface area (Å²) < 4.78 is 0.900. The van der Waals surface area contributed by atoms with Crippen LogP contribution in [0.1, 0.15) is 29.6 Å². The second kappa shape index (κ2) is 4.47. The second-order valence-corrected chi connectivity index (χ2v) is 6.04. The number of hydrogen-bond donors (Lipinski definition) is 3. The van der Waals surface area contributed by atoms with Crippen molar-refractivity contribution < 1.29 is 9.90 Å². The zero-order valence-corrected chi connectivity index (χ0v) is 11.2. The van der Waals surface area contributed by atoms with Crippen LogP contribution in [0.3, 0.4) is 0 Å². The van der Waals surface area contributed by atoms with Gasteiger partial charge in [-0.3, -0.25) is 4.79 Å². The lowest BCUT2D eigenvalue weighted by Gasteiger charge is -2.40. The summed E-state index contributed by atoms with van der Waals surface area (Å²) in [5.41, 5.74) is 6.61. The zero-order valence-electron chi connectivity index (χ0n) is 10.3. The van der Waals surface area contributed by atoms with Crippen LogP contribution in [0.5, 0.6) is 0 Å². The monoisotopic (exact) mass is 277 g/mol. The highest BCUT2D eigenvalue weighted by atomic mass is 32.1. The molecule has 1 amide bonds. The molecule has 1 aromatic heterocycles. The lowest BCUT2D eigenvalue weighted by atomic mass is 9.77. The lowest BCUT2D eigenvalue weighted by molar-refractivity contribution is 0.0642. The van der Waals surface area contributed by atoms with E-state index >= 15 is 0 Å². The summed E-state index contributed by atoms with van der Waals surface area (Å²) in [6.07, 6.45) is 2.72. The Bertz CT molecular complexity index is 628. The number of anilines is 1. The Kier molecular flexibility index (Phi) is 2.91. The lowest BCUT2D eigenvalue weighted by Crippen LogP contribution is -2.56. The molecule has 0 radical (unpaired) electrons. The summed E-state index contributed by atoms with van der Waals surface area (Å²) in [5.74, 6) is -0.150. The first-order chi connectivity index (χ1) is 9.12. The molecule has 100 valence electrons. The van der Waals surface area contributed by atoms with Crippen LogP contribution in [0, 0.1) is 0 Å². The molecule has 0 saturated heterocycles. The molecule has 3 rings (SSSR count). The molecule has 0 unspecified atom stereocenters. The normalized spacial score (nSPS) is 17.1. The highest BCUT2D eigenvalue weighted by Gasteiger charge is 2.37. The average molecular weight is 277 g/mol. The molecule has 1 aliphatic carbocycles. The van der Waals surface area contributed by atoms with E-state index in [1.807, 2.05) is 0 Å². The van der Waals surface area contributed by atoms with E-state index in [1.54, 1.807) is 18.2 Å². The summed E-state index contributed by atoms with van der Waals surface area (Å²) in [7, 11) is 0. The highest BCUT2D eigenvalue weighted by Crippen LogP contribution is 2.32. The smallest absolute Gasteiger partial charge is 0.251 e. The molecule has 0 spiro atoms. The van der Waals surface area contributed by atoms with Gasteiger partial charge in [0.05, 0.1) is 22.4 Å². The van der Waals surface area contributed by atoms with Gasteiger partial charge in [0.25, 0.3) is 5.91 Å². The number of benzene rings is 1. The Balaban J connectivity index is 1.84. The Morgan fingerprint density at radius 2 is 2.32 bits per heavy atom. The van der Waals surface area contributed by atoms with Crippen molar-refractivity contribution in [3.63, 3.8) is 0 Å². The predicted octanol–water partition coefficient (Wildman–Crippen LogP) is 1.52. The molecular weight excluding hydrogens is 262 g/mol. The van der Waals surface area contributed by atoms with Gasteiger partial charge in [0.15, 0.2) is 5.13 Å². The number of fused-ring (bicyclic) bond motifs is 1. The van der Waals surface area contributed by atoms with Crippen LogP contribution >= 0.6 is 11.3 Å². The summed E-state index contributed by atoms with van der Waals surface area (Å²) in [6.45, 7) is -0.00547. The molecule has 5 nitrogen and oxygen atoms in total. The third-order valence-corrected chi connectivity index (χ3v) is 4.51. The number of carbonyl (C=O) groups excluding carboxylic acids is 1. The number of hydrogen-bond acceptors (Lipinski definition) is 5. The maximum Gasteiger partial charge on any atom is 0.251 e. The number of aliphatic hydroxyl groups is 1. The molecule has 6 heteroatoms. The molecule has 1 saturated carbocycles. The number of amides is 1. The van der Waals surface area contributed by atoms with E-state index < -0.39 is 5.54 Å². The van der Waals surface area contributed by atoms with Crippen molar-refractivity contribution in [3.8, 4) is 0 Å². The number of nitrogens with one attached hydrogen (secondary N) is 1. The molecule has 1 aromatic carbocycles. The Hall–Kier alpha value is -1.66. The molecule has 1 fully saturated rings. The first-order valence-electron chi connectivity index (χ1n) is 6.21. The van der Waals surface area contributed by atoms with Gasteiger partial charge in [-0.1, -0.05) is 11.3 Å². The van der Waals surface area contributed by atoms with Crippen LogP contribution in [-0.2, 0) is 0 Å². The average Bonchev–Trinajstić information content (AvgIpc) is 2.72. The quantitative estimate of drug-likeness (QED) is 0.793. The molecule has 2 aromatic rings. The van der Waals surface area contributed by atoms with E-state index in [0.717, 1.165) is 29.5 Å². The maximum atomic E-state index is 12.2. The Morgan fingerprint density at radius 3 is 2.95 bits per heavy atom. The van der Waals surface area contributed by atoms with Crippen molar-refractivity contribution in [3.05, 3.63) is 23.8 Å². The van der Waals surface area contributed by atoms with E-state index in [4.69, 9.17) is 5.73 Å². The molecule has 19 heavy (non-hydrogen) atoms. The first kappa shape index (κ1) is 12.4. The predicted molar refractivity (Wildman–Crippen MR) is 75.2 cm³/mol. The fourth-order valence-corrected chi connectivity index (χ4v) is 3.10. The third-order valence-electron chi connectivity index (χ3n) is 3.66. The van der Waals surface area contributed by atoms with Gasteiger partial charge in [0.1, 0.15) is 0 Å². The molecule has 4 N–H and O–H groups in total. The zero-order chi connectivity index (χ0) is 13.5. The number of thiazole rings is 1. The first-order valence-corrected chi connectivity index (χ1v) is 7.03. The number of carbonyl (C=O) groups is 1. The number of rotatable bonds is 3. The molecule has 1 heterocycles. The maximum absolute atomic E-state index is 12.2. The standard InChI is InChI=1S/C13H15N3O2S/c14-12-15-9-3-2-8(6-10(9)19-12)11(18)16-13(7-17)4-1-5-13/h2-3,6,17H,1,4-5,7H2,(H2,14,15)(H,16,18). The second-order valence-electron chi connectivity index (χ2n) is 4.98. The summed E-state index contributed by atoms with van der Waals surface area (Å²) in [5, 5.41) is 12.8. The van der Waals surface area contributed by atoms with E-state index in [-0.39, 0.29) is 12.5 Å². The van der Waals surface area contributed by atoms with Crippen molar-refractivity contribution in [2.45, 2.75) is 24.8 Å². The van der Waals surface area contributed by atoms with Crippen molar-refractivity contribution in [2.24, 2.45) is 0 Å². The van der Waals surface area contributed by atoms with Gasteiger partial charge in [0, 0.05) is 5.56 Å². The van der Waals surface area contributed by atoms with Crippen LogP contribution in [0.2, 0.25) is 0 Å². The summed E-state index contributed by atoms with van der Waals surface area (Å²) in [4.78, 5) is 16.3. The number of nitrogen functional groups attached to an aromatic ring is 1. The molecular formula is C13H15N3O2S. The van der Waals surface area contributed by atoms with Crippen LogP contribution in [0.25, 0.3) is 10.2 Å². The summed E-state index contributed by atoms with van der Waals surface area (Å²) in [6, 6.07) is 5.33. The van der Waals surface area contributed by atoms with Gasteiger partial charge < -0.3 is 16.2 Å². The van der Waals surface area contributed by atoms with Gasteiger partial charge in [-0.05, 0) is 37.5 Å². The van der Waals surface area contributed by atoms with E-state index in [9.17, 15) is 9.90 Å². The minimum atomic E-state index is -0.418. The van der Waals surface area contributed by atoms with Crippen LogP contribution < -0.4 is 11.1 Å². The minimum Gasteiger partial charge on any atom is -0.394 e. The van der Waals surface area contributed by atoms with Gasteiger partial charge in [0.2, 0.25) is 0 Å². The van der Waals surface area contributed by atoms with Gasteiger partial charge in [-0.15, -0.1) is 0 Å². The highest BCUT2D eigenvalue weighted by molar-refractivity contribution is 7.22. The number of nitrogens with two attached hydrogens (primary N) is 1. The van der Waals surface area contributed by atoms with E-state index in [2.05, 4.69) is 10.3 Å². The molecule has 0 bridgehead atoms. The van der Waals surface area contributed by atoms with Gasteiger partial charge >= 0.3 is 0 Å². The number of aromatic nitrogens is 1. The SMILES string of the molecule is Nc1nc2ccc(C(=O)NC3(CO)CCC3)cc2s1. The van der Waals surface area contributed by atoms with Crippen LogP contribution in [0.4, 0.5) is 5.13 Å². The molecule has 0 aliphatic heterocycles. The van der Waals surface area contributed by atoms with Gasteiger partial charge in [-0.2, -0.15) is 0 Å². The molecule has 0 atom stereocenters. The number of nitrogens with zero attached hydrogens (tertiary/aromatic N) is 1.